The predicted molar refractivity (Wildman–Crippen MR) is 108 cm³/mol. The zero-order chi connectivity index (χ0) is 17.6. The first-order chi connectivity index (χ1) is 12.0. The zero-order valence-corrected chi connectivity index (χ0v) is 15.9. The summed E-state index contributed by atoms with van der Waals surface area (Å²) < 4.78 is 0. The van der Waals surface area contributed by atoms with E-state index >= 15 is 0 Å². The molecule has 0 aliphatic heterocycles. The largest absolute Gasteiger partial charge is 0.358 e. The fourth-order valence-electron chi connectivity index (χ4n) is 4.21. The number of H-pyrrole nitrogens is 1. The highest BCUT2D eigenvalue weighted by Gasteiger charge is 2.15. The van der Waals surface area contributed by atoms with Crippen LogP contribution in [0.1, 0.15) is 73.0 Å². The summed E-state index contributed by atoms with van der Waals surface area (Å²) in [5.74, 6) is 1.14. The highest BCUT2D eigenvalue weighted by molar-refractivity contribution is 5.87. The Kier molecular flexibility index (Phi) is 4.19. The summed E-state index contributed by atoms with van der Waals surface area (Å²) in [4.78, 5) is 3.73. The van der Waals surface area contributed by atoms with Crippen LogP contribution < -0.4 is 0 Å². The smallest absolute Gasteiger partial charge is 0.0491 e. The molecule has 2 aromatic carbocycles. The highest BCUT2D eigenvalue weighted by atomic mass is 14.7. The van der Waals surface area contributed by atoms with Gasteiger partial charge < -0.3 is 4.98 Å². The Hall–Kier alpha value is -2.02. The molecule has 130 valence electrons. The van der Waals surface area contributed by atoms with E-state index < -0.39 is 0 Å². The van der Waals surface area contributed by atoms with Gasteiger partial charge in [0.05, 0.1) is 0 Å². The molecule has 4 bridgehead atoms. The maximum atomic E-state index is 3.73. The summed E-state index contributed by atoms with van der Waals surface area (Å²) >= 11 is 0. The Morgan fingerprint density at radius 1 is 0.720 bits per heavy atom. The van der Waals surface area contributed by atoms with E-state index in [0.717, 1.165) is 25.7 Å². The molecule has 3 aromatic rings. The van der Waals surface area contributed by atoms with Gasteiger partial charge in [-0.05, 0) is 71.4 Å². The molecule has 0 saturated heterocycles. The first kappa shape index (κ1) is 16.4. The zero-order valence-electron chi connectivity index (χ0n) is 15.9. The van der Waals surface area contributed by atoms with Crippen molar-refractivity contribution in [3.63, 3.8) is 0 Å². The number of nitrogens with one attached hydrogen (secondary N) is 1. The molecule has 0 saturated carbocycles. The van der Waals surface area contributed by atoms with Crippen LogP contribution >= 0.6 is 0 Å². The molecular formula is C24H29N. The summed E-state index contributed by atoms with van der Waals surface area (Å²) in [5.41, 5.74) is 10.2. The van der Waals surface area contributed by atoms with Crippen molar-refractivity contribution in [2.45, 2.75) is 65.2 Å². The predicted octanol–water partition coefficient (Wildman–Crippen LogP) is 6.30. The fraction of sp³-hybridized carbons (Fsp3) is 0.417. The molecule has 0 unspecified atom stereocenters. The van der Waals surface area contributed by atoms with Gasteiger partial charge in [0.15, 0.2) is 0 Å². The molecular weight excluding hydrogens is 302 g/mol. The Bertz CT molecular complexity index is 911. The lowest BCUT2D eigenvalue weighted by atomic mass is 9.88. The van der Waals surface area contributed by atoms with Crippen LogP contribution in [0.2, 0.25) is 0 Å². The summed E-state index contributed by atoms with van der Waals surface area (Å²) in [5, 5.41) is 1.45. The topological polar surface area (TPSA) is 15.8 Å². The number of benzene rings is 2. The molecule has 1 heterocycles. The molecule has 1 heteroatoms. The van der Waals surface area contributed by atoms with Gasteiger partial charge in [0, 0.05) is 16.6 Å². The van der Waals surface area contributed by atoms with Gasteiger partial charge in [-0.25, -0.2) is 0 Å². The molecule has 4 aliphatic rings. The normalized spacial score (nSPS) is 14.5. The fourth-order valence-corrected chi connectivity index (χ4v) is 4.21. The Labute approximate surface area is 151 Å². The van der Waals surface area contributed by atoms with E-state index in [4.69, 9.17) is 0 Å². The van der Waals surface area contributed by atoms with Crippen LogP contribution in [0.4, 0.5) is 0 Å². The monoisotopic (exact) mass is 331 g/mol. The van der Waals surface area contributed by atoms with E-state index in [0.29, 0.717) is 11.8 Å². The minimum Gasteiger partial charge on any atom is -0.358 e. The Morgan fingerprint density at radius 3 is 2.16 bits per heavy atom. The van der Waals surface area contributed by atoms with E-state index in [-0.39, 0.29) is 0 Å². The number of aryl methyl sites for hydroxylation is 4. The van der Waals surface area contributed by atoms with Gasteiger partial charge in [-0.1, -0.05) is 58.0 Å². The van der Waals surface area contributed by atoms with Crippen LogP contribution in [0.3, 0.4) is 0 Å². The molecule has 1 N–H and O–H groups in total. The molecule has 0 fully saturated rings. The standard InChI is InChI=1S/C24H29N/c1-15(2)21-13-17-5-7-18(21)9-10-19-11-12-20(8-6-17)24-22(19)14-23(25-24)16(3)4/h5,7,11-16,25H,6,8-10H2,1-4H3. The van der Waals surface area contributed by atoms with Crippen molar-refractivity contribution in [2.75, 3.05) is 0 Å². The maximum absolute atomic E-state index is 3.73. The molecule has 1 nitrogen and oxygen atoms in total. The van der Waals surface area contributed by atoms with E-state index in [1.807, 2.05) is 0 Å². The summed E-state index contributed by atoms with van der Waals surface area (Å²) in [7, 11) is 0. The van der Waals surface area contributed by atoms with Gasteiger partial charge in [-0.3, -0.25) is 0 Å². The van der Waals surface area contributed by atoms with Crippen molar-refractivity contribution < 1.29 is 0 Å². The van der Waals surface area contributed by atoms with Crippen molar-refractivity contribution in [3.8, 4) is 0 Å². The third-order valence-corrected chi connectivity index (χ3v) is 5.79. The third kappa shape index (κ3) is 3.01. The van der Waals surface area contributed by atoms with Crippen molar-refractivity contribution in [1.82, 2.24) is 4.98 Å². The van der Waals surface area contributed by atoms with Gasteiger partial charge >= 0.3 is 0 Å². The first-order valence-corrected chi connectivity index (χ1v) is 9.78. The lowest BCUT2D eigenvalue weighted by Crippen LogP contribution is -2.04. The van der Waals surface area contributed by atoms with Crippen LogP contribution in [0.5, 0.6) is 0 Å². The SMILES string of the molecule is CC(C)c1cc2c3ccc(c2[nH]1)CCc1ccc(c(C(C)C)c1)CC3. The molecule has 1 aromatic heterocycles. The maximum Gasteiger partial charge on any atom is 0.0491 e. The van der Waals surface area contributed by atoms with Crippen LogP contribution in [-0.4, -0.2) is 4.98 Å². The average molecular weight is 332 g/mol. The molecule has 4 aliphatic carbocycles. The third-order valence-electron chi connectivity index (χ3n) is 5.79. The van der Waals surface area contributed by atoms with Crippen molar-refractivity contribution in [3.05, 3.63) is 69.9 Å². The number of hydrogen-bond donors (Lipinski definition) is 1. The van der Waals surface area contributed by atoms with E-state index in [2.05, 4.69) is 69.1 Å². The number of aromatic amines is 1. The highest BCUT2D eigenvalue weighted by Crippen LogP contribution is 2.31. The Balaban J connectivity index is 1.84. The van der Waals surface area contributed by atoms with Crippen LogP contribution in [0.25, 0.3) is 10.9 Å². The van der Waals surface area contributed by atoms with E-state index in [1.54, 1.807) is 5.56 Å². The van der Waals surface area contributed by atoms with Gasteiger partial charge in [-0.2, -0.15) is 0 Å². The number of hydrogen-bond acceptors (Lipinski definition) is 0. The summed E-state index contributed by atoms with van der Waals surface area (Å²) in [6.45, 7) is 9.18. The number of aromatic nitrogens is 1. The summed E-state index contributed by atoms with van der Waals surface area (Å²) in [6, 6.07) is 14.3. The summed E-state index contributed by atoms with van der Waals surface area (Å²) in [6.07, 6.45) is 4.46. The molecule has 0 amide bonds. The van der Waals surface area contributed by atoms with Gasteiger partial charge in [0.25, 0.3) is 0 Å². The minimum atomic E-state index is 0.541. The minimum absolute atomic E-state index is 0.541. The van der Waals surface area contributed by atoms with Gasteiger partial charge in [0.2, 0.25) is 0 Å². The Morgan fingerprint density at radius 2 is 1.40 bits per heavy atom. The van der Waals surface area contributed by atoms with Crippen molar-refractivity contribution in [1.29, 1.82) is 0 Å². The lowest BCUT2D eigenvalue weighted by molar-refractivity contribution is 0.820. The first-order valence-electron chi connectivity index (χ1n) is 9.78. The second kappa shape index (κ2) is 6.37. The average Bonchev–Trinajstić information content (AvgIpc) is 3.02. The lowest BCUT2D eigenvalue weighted by Gasteiger charge is -2.17. The molecule has 7 rings (SSSR count). The second-order valence-electron chi connectivity index (χ2n) is 8.24. The molecule has 25 heavy (non-hydrogen) atoms. The van der Waals surface area contributed by atoms with Crippen LogP contribution in [0.15, 0.2) is 36.4 Å². The van der Waals surface area contributed by atoms with Crippen molar-refractivity contribution >= 4 is 10.9 Å². The molecule has 0 spiro atoms. The molecule has 0 radical (unpaired) electrons. The van der Waals surface area contributed by atoms with E-state index in [9.17, 15) is 0 Å². The quantitative estimate of drug-likeness (QED) is 0.567. The van der Waals surface area contributed by atoms with Gasteiger partial charge in [-0.15, -0.1) is 0 Å². The second-order valence-corrected chi connectivity index (χ2v) is 8.24. The number of rotatable bonds is 2. The molecule has 0 atom stereocenters. The van der Waals surface area contributed by atoms with Crippen LogP contribution in [-0.2, 0) is 25.7 Å². The van der Waals surface area contributed by atoms with Crippen molar-refractivity contribution in [2.24, 2.45) is 0 Å². The van der Waals surface area contributed by atoms with Crippen LogP contribution in [0, 0.1) is 0 Å². The van der Waals surface area contributed by atoms with E-state index in [1.165, 1.54) is 38.9 Å². The van der Waals surface area contributed by atoms with Gasteiger partial charge in [0.1, 0.15) is 0 Å².